The maximum Gasteiger partial charge on any atom is 0.315 e. The van der Waals surface area contributed by atoms with Crippen LogP contribution in [0.2, 0.25) is 0 Å². The second-order valence-electron chi connectivity index (χ2n) is 10.0. The van der Waals surface area contributed by atoms with E-state index < -0.39 is 42.2 Å². The Labute approximate surface area is 237 Å². The second-order valence-corrected chi connectivity index (χ2v) is 10.0. The minimum absolute atomic E-state index is 0.0654. The molecule has 0 aromatic heterocycles. The average Bonchev–Trinajstić information content (AvgIpc) is 2.90. The van der Waals surface area contributed by atoms with Crippen molar-refractivity contribution in [2.75, 3.05) is 0 Å². The first-order chi connectivity index (χ1) is 19.2. The summed E-state index contributed by atoms with van der Waals surface area (Å²) >= 11 is 0. The minimum Gasteiger partial charge on any atom is -0.481 e. The molecule has 3 atom stereocenters. The predicted octanol–water partition coefficient (Wildman–Crippen LogP) is 6.05. The van der Waals surface area contributed by atoms with Crippen molar-refractivity contribution in [2.24, 2.45) is 5.92 Å². The van der Waals surface area contributed by atoms with E-state index in [1.807, 2.05) is 60.7 Å². The molecule has 0 aliphatic heterocycles. The van der Waals surface area contributed by atoms with E-state index in [1.165, 1.54) is 6.92 Å². The highest BCUT2D eigenvalue weighted by molar-refractivity contribution is 5.76. The molecule has 0 spiro atoms. The molecule has 8 heteroatoms. The van der Waals surface area contributed by atoms with Crippen LogP contribution < -0.4 is 0 Å². The topological polar surface area (TPSA) is 116 Å². The summed E-state index contributed by atoms with van der Waals surface area (Å²) in [6.45, 7) is 3.18. The molecule has 0 amide bonds. The maximum absolute atomic E-state index is 13.1. The number of rotatable bonds is 19. The molecule has 2 rings (SSSR count). The van der Waals surface area contributed by atoms with Gasteiger partial charge in [-0.1, -0.05) is 99.2 Å². The quantitative estimate of drug-likeness (QED) is 0.127. The van der Waals surface area contributed by atoms with Gasteiger partial charge >= 0.3 is 23.9 Å². The molecule has 40 heavy (non-hydrogen) atoms. The number of hydrogen-bond donors (Lipinski definition) is 1. The van der Waals surface area contributed by atoms with Crippen molar-refractivity contribution in [1.82, 2.24) is 0 Å². The smallest absolute Gasteiger partial charge is 0.315 e. The van der Waals surface area contributed by atoms with Gasteiger partial charge in [0.15, 0.2) is 0 Å². The lowest BCUT2D eigenvalue weighted by molar-refractivity contribution is -0.190. The molecule has 0 aliphatic carbocycles. The van der Waals surface area contributed by atoms with E-state index in [9.17, 15) is 19.2 Å². The largest absolute Gasteiger partial charge is 0.481 e. The molecule has 8 nitrogen and oxygen atoms in total. The number of carboxylic acid groups (broad SMARTS) is 1. The summed E-state index contributed by atoms with van der Waals surface area (Å²) in [7, 11) is 0. The van der Waals surface area contributed by atoms with Crippen LogP contribution in [-0.2, 0) is 46.2 Å². The van der Waals surface area contributed by atoms with Crippen molar-refractivity contribution >= 4 is 23.9 Å². The minimum atomic E-state index is -1.08. The molecule has 0 radical (unpaired) electrons. The standard InChI is InChI=1S/C32H42O8/c1-24(38-30(35)22-26-16-10-8-11-17-26)28(20-14-6-4-3-5-7-15-21-29(33)34)32(37)40-25(2)39-31(36)23-27-18-12-9-13-19-27/h8-13,16-19,24-25,28H,3-7,14-15,20-23H2,1-2H3,(H,33,34). The first-order valence-corrected chi connectivity index (χ1v) is 14.1. The van der Waals surface area contributed by atoms with Crippen LogP contribution in [0.15, 0.2) is 60.7 Å². The molecule has 218 valence electrons. The number of esters is 3. The van der Waals surface area contributed by atoms with Gasteiger partial charge < -0.3 is 19.3 Å². The Hall–Kier alpha value is -3.68. The van der Waals surface area contributed by atoms with Crippen LogP contribution in [0.5, 0.6) is 0 Å². The lowest BCUT2D eigenvalue weighted by Crippen LogP contribution is -2.35. The molecule has 2 aromatic rings. The number of ether oxygens (including phenoxy) is 3. The molecule has 0 aliphatic rings. The van der Waals surface area contributed by atoms with Gasteiger partial charge in [0, 0.05) is 13.3 Å². The van der Waals surface area contributed by atoms with Crippen molar-refractivity contribution in [3.05, 3.63) is 71.8 Å². The molecule has 0 heterocycles. The van der Waals surface area contributed by atoms with E-state index >= 15 is 0 Å². The van der Waals surface area contributed by atoms with E-state index in [2.05, 4.69) is 0 Å². The number of hydrogen-bond acceptors (Lipinski definition) is 7. The molecule has 3 unspecified atom stereocenters. The Morgan fingerprint density at radius 2 is 1.12 bits per heavy atom. The number of benzene rings is 2. The normalized spacial score (nSPS) is 13.1. The molecule has 2 aromatic carbocycles. The summed E-state index contributed by atoms with van der Waals surface area (Å²) in [6, 6.07) is 18.4. The Morgan fingerprint density at radius 1 is 0.650 bits per heavy atom. The fourth-order valence-corrected chi connectivity index (χ4v) is 4.43. The number of carboxylic acids is 1. The van der Waals surface area contributed by atoms with Gasteiger partial charge in [-0.3, -0.25) is 19.2 Å². The Morgan fingerprint density at radius 3 is 1.65 bits per heavy atom. The fraction of sp³-hybridized carbons (Fsp3) is 0.500. The number of unbranched alkanes of at least 4 members (excludes halogenated alkanes) is 6. The van der Waals surface area contributed by atoms with Crippen LogP contribution in [0.25, 0.3) is 0 Å². The van der Waals surface area contributed by atoms with Gasteiger partial charge in [-0.15, -0.1) is 0 Å². The summed E-state index contributed by atoms with van der Waals surface area (Å²) in [5.74, 6) is -2.98. The van der Waals surface area contributed by atoms with E-state index in [0.29, 0.717) is 12.8 Å². The molecular weight excluding hydrogens is 512 g/mol. The van der Waals surface area contributed by atoms with Gasteiger partial charge in [-0.25, -0.2) is 0 Å². The van der Waals surface area contributed by atoms with E-state index in [4.69, 9.17) is 19.3 Å². The van der Waals surface area contributed by atoms with Gasteiger partial charge in [0.1, 0.15) is 6.10 Å². The van der Waals surface area contributed by atoms with Gasteiger partial charge in [-0.05, 0) is 30.9 Å². The molecule has 0 saturated heterocycles. The van der Waals surface area contributed by atoms with Crippen LogP contribution in [-0.4, -0.2) is 41.4 Å². The highest BCUT2D eigenvalue weighted by Gasteiger charge is 2.31. The van der Waals surface area contributed by atoms with Crippen LogP contribution in [0, 0.1) is 5.92 Å². The molecule has 0 saturated carbocycles. The van der Waals surface area contributed by atoms with Crippen LogP contribution >= 0.6 is 0 Å². The highest BCUT2D eigenvalue weighted by Crippen LogP contribution is 2.21. The van der Waals surface area contributed by atoms with Crippen LogP contribution in [0.4, 0.5) is 0 Å². The lowest BCUT2D eigenvalue weighted by Gasteiger charge is -2.24. The second kappa shape index (κ2) is 18.6. The van der Waals surface area contributed by atoms with E-state index in [-0.39, 0.29) is 19.3 Å². The van der Waals surface area contributed by atoms with Crippen molar-refractivity contribution in [3.8, 4) is 0 Å². The zero-order valence-electron chi connectivity index (χ0n) is 23.6. The van der Waals surface area contributed by atoms with Crippen molar-refractivity contribution in [3.63, 3.8) is 0 Å². The lowest BCUT2D eigenvalue weighted by atomic mass is 9.95. The summed E-state index contributed by atoms with van der Waals surface area (Å²) in [5, 5.41) is 8.72. The summed E-state index contributed by atoms with van der Waals surface area (Å²) in [5.41, 5.74) is 1.62. The van der Waals surface area contributed by atoms with E-state index in [0.717, 1.165) is 49.7 Å². The molecule has 0 bridgehead atoms. The van der Waals surface area contributed by atoms with Crippen LogP contribution in [0.3, 0.4) is 0 Å². The number of carbonyl (C=O) groups excluding carboxylic acids is 3. The Balaban J connectivity index is 1.87. The first-order valence-electron chi connectivity index (χ1n) is 14.1. The highest BCUT2D eigenvalue weighted by atomic mass is 16.7. The van der Waals surface area contributed by atoms with E-state index in [1.54, 1.807) is 6.92 Å². The average molecular weight is 555 g/mol. The summed E-state index contributed by atoms with van der Waals surface area (Å²) in [4.78, 5) is 48.6. The first kappa shape index (κ1) is 32.5. The molecule has 0 fully saturated rings. The van der Waals surface area contributed by atoms with Crippen molar-refractivity contribution < 1.29 is 38.5 Å². The molecular formula is C32H42O8. The summed E-state index contributed by atoms with van der Waals surface area (Å²) in [6.07, 6.45) is 5.14. The zero-order valence-corrected chi connectivity index (χ0v) is 23.6. The third-order valence-corrected chi connectivity index (χ3v) is 6.55. The zero-order chi connectivity index (χ0) is 29.2. The molecule has 1 N–H and O–H groups in total. The van der Waals surface area contributed by atoms with Gasteiger partial charge in [-0.2, -0.15) is 0 Å². The number of aliphatic carboxylic acids is 1. The monoisotopic (exact) mass is 554 g/mol. The Bertz CT molecular complexity index is 1040. The fourth-order valence-electron chi connectivity index (χ4n) is 4.43. The Kier molecular flexibility index (Phi) is 15.1. The third kappa shape index (κ3) is 13.9. The SMILES string of the molecule is CC(OC(=O)Cc1ccccc1)OC(=O)C(CCCCCCCCCC(=O)O)C(C)OC(=O)Cc1ccccc1. The van der Waals surface area contributed by atoms with Gasteiger partial charge in [0.2, 0.25) is 6.29 Å². The maximum atomic E-state index is 13.1. The van der Waals surface area contributed by atoms with Crippen molar-refractivity contribution in [2.45, 2.75) is 96.9 Å². The summed E-state index contributed by atoms with van der Waals surface area (Å²) < 4.78 is 16.4. The van der Waals surface area contributed by atoms with Crippen molar-refractivity contribution in [1.29, 1.82) is 0 Å². The predicted molar refractivity (Wildman–Crippen MR) is 150 cm³/mol. The number of carbonyl (C=O) groups is 4. The van der Waals surface area contributed by atoms with Gasteiger partial charge in [0.05, 0.1) is 18.8 Å². The third-order valence-electron chi connectivity index (χ3n) is 6.55. The van der Waals surface area contributed by atoms with Crippen LogP contribution in [0.1, 0.15) is 82.8 Å². The van der Waals surface area contributed by atoms with Gasteiger partial charge in [0.25, 0.3) is 0 Å².